The van der Waals surface area contributed by atoms with E-state index in [2.05, 4.69) is 66.9 Å². The molecule has 0 radical (unpaired) electrons. The highest BCUT2D eigenvalue weighted by Gasteiger charge is 2.23. The van der Waals surface area contributed by atoms with E-state index in [0.29, 0.717) is 17.4 Å². The maximum Gasteiger partial charge on any atom is 0.268 e. The molecule has 2 N–H and O–H groups in total. The zero-order valence-electron chi connectivity index (χ0n) is 35.1. The van der Waals surface area contributed by atoms with Gasteiger partial charge in [0, 0.05) is 6.42 Å². The summed E-state index contributed by atoms with van der Waals surface area (Å²) >= 11 is 0. The van der Waals surface area contributed by atoms with Crippen LogP contribution in [0.25, 0.3) is 0 Å². The quantitative estimate of drug-likeness (QED) is 0.0281. The Bertz CT molecular complexity index is 1110. The second-order valence-corrected chi connectivity index (χ2v) is 16.7. The van der Waals surface area contributed by atoms with E-state index in [-0.39, 0.29) is 12.5 Å². The average Bonchev–Trinajstić information content (AvgIpc) is 3.12. The van der Waals surface area contributed by atoms with E-state index >= 15 is 0 Å². The molecule has 0 saturated carbocycles. The molecule has 8 nitrogen and oxygen atoms in total. The van der Waals surface area contributed by atoms with E-state index in [1.165, 1.54) is 64.2 Å². The maximum atomic E-state index is 12.8. The lowest BCUT2D eigenvalue weighted by atomic mass is 10.1. The van der Waals surface area contributed by atoms with Crippen LogP contribution < -0.4 is 10.2 Å². The van der Waals surface area contributed by atoms with Crippen LogP contribution in [0.4, 0.5) is 0 Å². The fourth-order valence-electron chi connectivity index (χ4n) is 5.55. The summed E-state index contributed by atoms with van der Waals surface area (Å²) < 4.78 is 23.1. The van der Waals surface area contributed by atoms with Gasteiger partial charge in [0.25, 0.3) is 7.82 Å². The predicted molar refractivity (Wildman–Crippen MR) is 228 cm³/mol. The van der Waals surface area contributed by atoms with Gasteiger partial charge < -0.3 is 28.8 Å². The van der Waals surface area contributed by atoms with Gasteiger partial charge in [0.1, 0.15) is 13.2 Å². The predicted octanol–water partition coefficient (Wildman–Crippen LogP) is 11.0. The summed E-state index contributed by atoms with van der Waals surface area (Å²) in [4.78, 5) is 25.2. The molecule has 0 aliphatic rings. The van der Waals surface area contributed by atoms with Gasteiger partial charge in [0.15, 0.2) is 0 Å². The summed E-state index contributed by atoms with van der Waals surface area (Å²) in [5.41, 5.74) is 0. The lowest BCUT2D eigenvalue weighted by molar-refractivity contribution is -0.870. The van der Waals surface area contributed by atoms with E-state index in [1.54, 1.807) is 6.08 Å². The zero-order valence-corrected chi connectivity index (χ0v) is 36.0. The van der Waals surface area contributed by atoms with E-state index < -0.39 is 26.6 Å². The Morgan fingerprint density at radius 2 is 1.17 bits per heavy atom. The summed E-state index contributed by atoms with van der Waals surface area (Å²) in [7, 11) is 1.21. The molecule has 3 atom stereocenters. The van der Waals surface area contributed by atoms with Crippen molar-refractivity contribution in [3.63, 3.8) is 0 Å². The van der Waals surface area contributed by atoms with Gasteiger partial charge >= 0.3 is 0 Å². The first-order valence-corrected chi connectivity index (χ1v) is 22.7. The van der Waals surface area contributed by atoms with Crippen LogP contribution in [0.1, 0.15) is 155 Å². The first-order valence-electron chi connectivity index (χ1n) is 21.3. The van der Waals surface area contributed by atoms with Crippen molar-refractivity contribution < 1.29 is 32.9 Å². The number of unbranched alkanes of at least 4 members (excludes halogenated alkanes) is 15. The topological polar surface area (TPSA) is 108 Å². The van der Waals surface area contributed by atoms with Crippen LogP contribution >= 0.6 is 7.82 Å². The molecule has 0 aromatic heterocycles. The van der Waals surface area contributed by atoms with Crippen molar-refractivity contribution in [1.29, 1.82) is 0 Å². The van der Waals surface area contributed by atoms with Gasteiger partial charge in [-0.3, -0.25) is 9.36 Å². The largest absolute Gasteiger partial charge is 0.756 e. The molecule has 0 fully saturated rings. The van der Waals surface area contributed by atoms with Gasteiger partial charge in [-0.05, 0) is 77.6 Å². The number of carbonyl (C=O) groups excluding carboxylic acids is 1. The Morgan fingerprint density at radius 1 is 0.685 bits per heavy atom. The highest BCUT2D eigenvalue weighted by molar-refractivity contribution is 7.45. The number of hydrogen-bond donors (Lipinski definition) is 2. The average molecular weight is 777 g/mol. The highest BCUT2D eigenvalue weighted by atomic mass is 31.2. The first-order chi connectivity index (χ1) is 26.0. The molecule has 54 heavy (non-hydrogen) atoms. The van der Waals surface area contributed by atoms with E-state index in [9.17, 15) is 19.4 Å². The minimum Gasteiger partial charge on any atom is -0.756 e. The lowest BCUT2D eigenvalue weighted by Gasteiger charge is -2.29. The molecule has 312 valence electrons. The third kappa shape index (κ3) is 38.2. The molecule has 0 rings (SSSR count). The second kappa shape index (κ2) is 36.6. The molecule has 0 aromatic rings. The number of nitrogens with one attached hydrogen (secondary N) is 1. The van der Waals surface area contributed by atoms with Crippen molar-refractivity contribution >= 4 is 13.7 Å². The Labute approximate surface area is 332 Å². The molecule has 3 unspecified atom stereocenters. The molecular weight excluding hydrogens is 695 g/mol. The van der Waals surface area contributed by atoms with Crippen molar-refractivity contribution in [2.75, 3.05) is 40.9 Å². The summed E-state index contributed by atoms with van der Waals surface area (Å²) in [5, 5.41) is 13.6. The SMILES string of the molecule is C/C=C/CC/C=C/CC/C=C/C(O)C(COP(=O)([O-])OCC[N+](C)(C)C)NC(=O)CCCCCCCCCC/C=C\C/C=C\C/C=C\CCCCCCC. The minimum absolute atomic E-state index is 0.0145. The number of carbonyl (C=O) groups is 1. The summed E-state index contributed by atoms with van der Waals surface area (Å²) in [6, 6.07) is -0.914. The monoisotopic (exact) mass is 777 g/mol. The highest BCUT2D eigenvalue weighted by Crippen LogP contribution is 2.38. The van der Waals surface area contributed by atoms with Crippen molar-refractivity contribution in [1.82, 2.24) is 5.32 Å². The third-order valence-electron chi connectivity index (χ3n) is 8.96. The van der Waals surface area contributed by atoms with Gasteiger partial charge in [-0.2, -0.15) is 0 Å². The summed E-state index contributed by atoms with van der Waals surface area (Å²) in [6.45, 7) is 4.33. The minimum atomic E-state index is -4.60. The summed E-state index contributed by atoms with van der Waals surface area (Å²) in [6.07, 6.45) is 48.4. The zero-order chi connectivity index (χ0) is 40.0. The number of nitrogens with zero attached hydrogens (tertiary/aromatic N) is 1. The molecule has 1 amide bonds. The summed E-state index contributed by atoms with van der Waals surface area (Å²) in [5.74, 6) is -0.226. The molecule has 0 aromatic carbocycles. The Balaban J connectivity index is 4.32. The van der Waals surface area contributed by atoms with Gasteiger partial charge in [0.05, 0.1) is 39.9 Å². The number of phosphoric acid groups is 1. The van der Waals surface area contributed by atoms with Gasteiger partial charge in [-0.25, -0.2) is 0 Å². The van der Waals surface area contributed by atoms with Crippen LogP contribution in [-0.4, -0.2) is 68.5 Å². The fraction of sp³-hybridized carbons (Fsp3) is 0.711. The number of hydrogen-bond acceptors (Lipinski definition) is 6. The van der Waals surface area contributed by atoms with Crippen LogP contribution in [0.5, 0.6) is 0 Å². The number of rotatable bonds is 37. The molecule has 0 aliphatic heterocycles. The Hall–Kier alpha value is -2.06. The standard InChI is InChI=1S/C45H81N2O6P/c1-6-8-10-12-14-16-17-18-19-20-21-22-23-24-25-26-27-28-29-31-33-35-37-39-45(49)46-43(42-53-54(50,51)52-41-40-47(3,4)5)44(48)38-36-34-32-30-15-13-11-9-7-2/h7,9,15,17-18,20-21,23-24,30,36,38,43-44,48H,6,8,10-14,16,19,22,25-29,31-35,37,39-42H2,1-5H3,(H-,46,49,50,51)/b9-7+,18-17-,21-20-,24-23-,30-15+,38-36+. The second-order valence-electron chi connectivity index (χ2n) is 15.3. The molecule has 0 saturated heterocycles. The number of amides is 1. The molecule has 0 bridgehead atoms. The number of aliphatic hydroxyl groups excluding tert-OH is 1. The maximum absolute atomic E-state index is 12.8. The number of allylic oxidation sites excluding steroid dienone is 11. The van der Waals surface area contributed by atoms with Gasteiger partial charge in [-0.15, -0.1) is 0 Å². The number of aliphatic hydroxyl groups is 1. The van der Waals surface area contributed by atoms with Crippen LogP contribution in [0, 0.1) is 0 Å². The molecule has 0 aliphatic carbocycles. The van der Waals surface area contributed by atoms with Crippen LogP contribution in [-0.2, 0) is 18.4 Å². The van der Waals surface area contributed by atoms with E-state index in [0.717, 1.165) is 70.6 Å². The molecular formula is C45H81N2O6P. The van der Waals surface area contributed by atoms with Gasteiger partial charge in [-0.1, -0.05) is 144 Å². The Morgan fingerprint density at radius 3 is 1.72 bits per heavy atom. The lowest BCUT2D eigenvalue weighted by Crippen LogP contribution is -2.45. The van der Waals surface area contributed by atoms with Crippen LogP contribution in [0.2, 0.25) is 0 Å². The van der Waals surface area contributed by atoms with Crippen molar-refractivity contribution in [3.05, 3.63) is 72.9 Å². The molecule has 0 heterocycles. The van der Waals surface area contributed by atoms with Crippen LogP contribution in [0.3, 0.4) is 0 Å². The Kier molecular flexibility index (Phi) is 35.2. The van der Waals surface area contributed by atoms with Crippen molar-refractivity contribution in [3.8, 4) is 0 Å². The number of likely N-dealkylation sites (N-methyl/N-ethyl adjacent to an activating group) is 1. The van der Waals surface area contributed by atoms with Crippen molar-refractivity contribution in [2.45, 2.75) is 167 Å². The normalized spacial score (nSPS) is 15.2. The number of phosphoric ester groups is 1. The van der Waals surface area contributed by atoms with E-state index in [1.807, 2.05) is 40.2 Å². The first kappa shape index (κ1) is 51.9. The van der Waals surface area contributed by atoms with Crippen LogP contribution in [0.15, 0.2) is 72.9 Å². The fourth-order valence-corrected chi connectivity index (χ4v) is 6.27. The molecule has 9 heteroatoms. The van der Waals surface area contributed by atoms with Crippen molar-refractivity contribution in [2.24, 2.45) is 0 Å². The van der Waals surface area contributed by atoms with Gasteiger partial charge in [0.2, 0.25) is 5.91 Å². The number of quaternary nitrogens is 1. The molecule has 0 spiro atoms. The van der Waals surface area contributed by atoms with E-state index in [4.69, 9.17) is 9.05 Å². The third-order valence-corrected chi connectivity index (χ3v) is 9.93. The smallest absolute Gasteiger partial charge is 0.268 e.